The Balaban J connectivity index is 1.20. The molecule has 2 atom stereocenters. The second-order valence-corrected chi connectivity index (χ2v) is 9.96. The highest BCUT2D eigenvalue weighted by Gasteiger charge is 2.26. The summed E-state index contributed by atoms with van der Waals surface area (Å²) in [5.74, 6) is 0.751. The third-order valence-electron chi connectivity index (χ3n) is 5.89. The molecule has 0 spiro atoms. The summed E-state index contributed by atoms with van der Waals surface area (Å²) in [7, 11) is 0. The third-order valence-corrected chi connectivity index (χ3v) is 7.52. The molecule has 1 amide bonds. The summed E-state index contributed by atoms with van der Waals surface area (Å²) in [5, 5.41) is 7.94. The molecule has 3 aromatic rings. The lowest BCUT2D eigenvalue weighted by Gasteiger charge is -2.26. The van der Waals surface area contributed by atoms with E-state index < -0.39 is 0 Å². The monoisotopic (exact) mass is 470 g/mol. The van der Waals surface area contributed by atoms with Crippen molar-refractivity contribution in [3.05, 3.63) is 36.2 Å². The number of nitrogens with zero attached hydrogens (tertiary/aromatic N) is 4. The van der Waals surface area contributed by atoms with Crippen LogP contribution in [0.5, 0.6) is 0 Å². The molecule has 5 rings (SSSR count). The van der Waals surface area contributed by atoms with Crippen molar-refractivity contribution >= 4 is 50.3 Å². The van der Waals surface area contributed by atoms with E-state index in [0.717, 1.165) is 39.5 Å². The summed E-state index contributed by atoms with van der Waals surface area (Å²) in [4.78, 5) is 29.2. The molecular weight excluding hydrogens is 444 g/mol. The van der Waals surface area contributed by atoms with Crippen molar-refractivity contribution in [3.63, 3.8) is 0 Å². The zero-order chi connectivity index (χ0) is 21.9. The second kappa shape index (κ2) is 9.60. The minimum absolute atomic E-state index is 0.0654. The number of anilines is 2. The number of thiazole rings is 1. The van der Waals surface area contributed by atoms with Crippen molar-refractivity contribution in [2.24, 2.45) is 0 Å². The number of hydrogen-bond donors (Lipinski definition) is 2. The van der Waals surface area contributed by atoms with Gasteiger partial charge in [-0.2, -0.15) is 0 Å². The van der Waals surface area contributed by atoms with Gasteiger partial charge in [0, 0.05) is 48.0 Å². The van der Waals surface area contributed by atoms with Gasteiger partial charge in [0.15, 0.2) is 5.13 Å². The van der Waals surface area contributed by atoms with Crippen LogP contribution >= 0.6 is 23.1 Å². The average Bonchev–Trinajstić information content (AvgIpc) is 3.45. The minimum atomic E-state index is 0.0654. The molecule has 0 radical (unpaired) electrons. The van der Waals surface area contributed by atoms with Gasteiger partial charge in [-0.25, -0.2) is 15.0 Å². The Morgan fingerprint density at radius 2 is 1.91 bits per heavy atom. The number of carbonyl (C=O) groups excluding carboxylic acids is 1. The van der Waals surface area contributed by atoms with Crippen LogP contribution in [0.25, 0.3) is 10.2 Å². The van der Waals surface area contributed by atoms with Crippen LogP contribution in [0.15, 0.2) is 35.5 Å². The fourth-order valence-corrected chi connectivity index (χ4v) is 5.46. The number of aromatic nitrogens is 3. The molecule has 1 aliphatic heterocycles. The molecular formula is C22H26N6O2S2. The Hall–Kier alpha value is -2.43. The summed E-state index contributed by atoms with van der Waals surface area (Å²) in [5.41, 5.74) is 1.64. The molecule has 10 heteroatoms. The van der Waals surface area contributed by atoms with Crippen LogP contribution in [0.2, 0.25) is 0 Å². The Morgan fingerprint density at radius 3 is 2.66 bits per heavy atom. The van der Waals surface area contributed by atoms with Gasteiger partial charge in [0.05, 0.1) is 23.4 Å². The Morgan fingerprint density at radius 1 is 1.16 bits per heavy atom. The molecule has 2 aromatic heterocycles. The predicted octanol–water partition coefficient (Wildman–Crippen LogP) is 3.73. The van der Waals surface area contributed by atoms with Crippen LogP contribution in [-0.2, 0) is 4.74 Å². The van der Waals surface area contributed by atoms with Gasteiger partial charge in [-0.15, -0.1) is 11.8 Å². The van der Waals surface area contributed by atoms with E-state index in [1.807, 2.05) is 41.7 Å². The molecule has 0 bridgehead atoms. The van der Waals surface area contributed by atoms with Gasteiger partial charge >= 0.3 is 0 Å². The number of nitrogens with one attached hydrogen (secondary N) is 2. The molecule has 168 valence electrons. The molecule has 32 heavy (non-hydrogen) atoms. The van der Waals surface area contributed by atoms with Crippen LogP contribution in [0.1, 0.15) is 29.6 Å². The van der Waals surface area contributed by atoms with E-state index in [2.05, 4.69) is 20.6 Å². The van der Waals surface area contributed by atoms with Crippen molar-refractivity contribution in [2.45, 2.75) is 36.2 Å². The van der Waals surface area contributed by atoms with E-state index >= 15 is 0 Å². The highest BCUT2D eigenvalue weighted by molar-refractivity contribution is 7.98. The van der Waals surface area contributed by atoms with Gasteiger partial charge < -0.3 is 20.3 Å². The van der Waals surface area contributed by atoms with Gasteiger partial charge in [-0.3, -0.25) is 4.79 Å². The molecule has 1 saturated carbocycles. The maximum atomic E-state index is 12.8. The average molecular weight is 471 g/mol. The molecule has 1 aliphatic carbocycles. The predicted molar refractivity (Wildman–Crippen MR) is 129 cm³/mol. The summed E-state index contributed by atoms with van der Waals surface area (Å²) < 4.78 is 6.38. The standard InChI is InChI=1S/C22H26N6O2S2/c1-31-17-12-23-21(24-13-17)25-15-3-4-16(11-15)26-22-27-18-5-2-14(10-19(18)32-22)20(29)28-6-8-30-9-7-28/h2,5,10,12-13,15-16H,3-4,6-9,11H2,1H3,(H,26,27)(H,23,24,25)/t15-,16-/m0/s1. The third kappa shape index (κ3) is 4.82. The largest absolute Gasteiger partial charge is 0.378 e. The Kier molecular flexibility index (Phi) is 6.42. The number of benzene rings is 1. The first-order chi connectivity index (χ1) is 15.7. The van der Waals surface area contributed by atoms with Gasteiger partial charge in [0.2, 0.25) is 5.95 Å². The van der Waals surface area contributed by atoms with Crippen molar-refractivity contribution in [1.29, 1.82) is 0 Å². The number of fused-ring (bicyclic) bond motifs is 1. The van der Waals surface area contributed by atoms with Gasteiger partial charge in [-0.1, -0.05) is 11.3 Å². The molecule has 1 saturated heterocycles. The topological polar surface area (TPSA) is 92.3 Å². The van der Waals surface area contributed by atoms with E-state index in [-0.39, 0.29) is 5.91 Å². The number of rotatable bonds is 6. The lowest BCUT2D eigenvalue weighted by Crippen LogP contribution is -2.40. The van der Waals surface area contributed by atoms with E-state index in [1.165, 1.54) is 0 Å². The smallest absolute Gasteiger partial charge is 0.254 e. The van der Waals surface area contributed by atoms with Crippen LogP contribution in [-0.4, -0.2) is 70.4 Å². The van der Waals surface area contributed by atoms with E-state index in [4.69, 9.17) is 9.72 Å². The Bertz CT molecular complexity index is 1080. The second-order valence-electron chi connectivity index (χ2n) is 8.05. The van der Waals surface area contributed by atoms with Crippen LogP contribution in [0.4, 0.5) is 11.1 Å². The zero-order valence-corrected chi connectivity index (χ0v) is 19.5. The van der Waals surface area contributed by atoms with Crippen LogP contribution < -0.4 is 10.6 Å². The quantitative estimate of drug-likeness (QED) is 0.527. The zero-order valence-electron chi connectivity index (χ0n) is 17.9. The number of carbonyl (C=O) groups is 1. The fraction of sp³-hybridized carbons (Fsp3) is 0.455. The summed E-state index contributed by atoms with van der Waals surface area (Å²) in [6, 6.07) is 6.48. The van der Waals surface area contributed by atoms with Crippen molar-refractivity contribution < 1.29 is 9.53 Å². The highest BCUT2D eigenvalue weighted by Crippen LogP contribution is 2.31. The number of morpholine rings is 1. The molecule has 0 unspecified atom stereocenters. The number of ether oxygens (including phenoxy) is 1. The van der Waals surface area contributed by atoms with Crippen LogP contribution in [0.3, 0.4) is 0 Å². The summed E-state index contributed by atoms with van der Waals surface area (Å²) in [6.45, 7) is 2.51. The first-order valence-electron chi connectivity index (χ1n) is 10.8. The SMILES string of the molecule is CSc1cnc(N[C@H]2CC[C@H](Nc3nc4ccc(C(=O)N5CCOCC5)cc4s3)C2)nc1. The van der Waals surface area contributed by atoms with Crippen molar-refractivity contribution in [1.82, 2.24) is 19.9 Å². The van der Waals surface area contributed by atoms with E-state index in [0.29, 0.717) is 49.9 Å². The molecule has 2 aliphatic rings. The maximum absolute atomic E-state index is 12.8. The fourth-order valence-electron chi connectivity index (χ4n) is 4.17. The first kappa shape index (κ1) is 21.4. The van der Waals surface area contributed by atoms with Gasteiger partial charge in [0.1, 0.15) is 0 Å². The molecule has 8 nitrogen and oxygen atoms in total. The number of hydrogen-bond acceptors (Lipinski definition) is 9. The molecule has 2 fully saturated rings. The number of amides is 1. The van der Waals surface area contributed by atoms with Gasteiger partial charge in [-0.05, 0) is 43.7 Å². The molecule has 1 aromatic carbocycles. The van der Waals surface area contributed by atoms with E-state index in [1.54, 1.807) is 23.1 Å². The lowest BCUT2D eigenvalue weighted by atomic mass is 10.2. The number of thioether (sulfide) groups is 1. The Labute approximate surface area is 195 Å². The first-order valence-corrected chi connectivity index (χ1v) is 12.9. The minimum Gasteiger partial charge on any atom is -0.378 e. The normalized spacial score (nSPS) is 21.1. The molecule has 3 heterocycles. The van der Waals surface area contributed by atoms with Crippen LogP contribution in [0, 0.1) is 0 Å². The van der Waals surface area contributed by atoms with E-state index in [9.17, 15) is 4.79 Å². The highest BCUT2D eigenvalue weighted by atomic mass is 32.2. The maximum Gasteiger partial charge on any atom is 0.254 e. The van der Waals surface area contributed by atoms with Crippen molar-refractivity contribution in [3.8, 4) is 0 Å². The van der Waals surface area contributed by atoms with Crippen molar-refractivity contribution in [2.75, 3.05) is 43.2 Å². The molecule has 2 N–H and O–H groups in total. The summed E-state index contributed by atoms with van der Waals surface area (Å²) >= 11 is 3.24. The summed E-state index contributed by atoms with van der Waals surface area (Å²) in [6.07, 6.45) is 8.84. The lowest BCUT2D eigenvalue weighted by molar-refractivity contribution is 0.0303. The van der Waals surface area contributed by atoms with Gasteiger partial charge in [0.25, 0.3) is 5.91 Å².